The van der Waals surface area contributed by atoms with Gasteiger partial charge in [0.2, 0.25) is 0 Å². The Balaban J connectivity index is 1.20. The zero-order valence-electron chi connectivity index (χ0n) is 24.2. The van der Waals surface area contributed by atoms with Gasteiger partial charge in [0.1, 0.15) is 17.9 Å². The van der Waals surface area contributed by atoms with Crippen molar-refractivity contribution in [2.45, 2.75) is 18.5 Å². The molecule has 0 spiro atoms. The average Bonchev–Trinajstić information content (AvgIpc) is 3.69. The fraction of sp³-hybridized carbons (Fsp3) is 0.303. The summed E-state index contributed by atoms with van der Waals surface area (Å²) >= 11 is 0. The van der Waals surface area contributed by atoms with Gasteiger partial charge in [0.15, 0.2) is 17.4 Å². The Hall–Kier alpha value is -4.45. The maximum atomic E-state index is 14.8. The third-order valence-electron chi connectivity index (χ3n) is 7.50. The van der Waals surface area contributed by atoms with Crippen molar-refractivity contribution in [1.29, 1.82) is 0 Å². The molecule has 0 aromatic heterocycles. The molecule has 1 aliphatic carbocycles. The minimum Gasteiger partial charge on any atom is -0.490 e. The van der Waals surface area contributed by atoms with Crippen LogP contribution in [0.4, 0.5) is 8.78 Å². The fourth-order valence-corrected chi connectivity index (χ4v) is 5.12. The van der Waals surface area contributed by atoms with Gasteiger partial charge in [-0.2, -0.15) is 0 Å². The Kier molecular flexibility index (Phi) is 10.1. The molecule has 9 nitrogen and oxygen atoms in total. The highest BCUT2D eigenvalue weighted by molar-refractivity contribution is 6.11. The van der Waals surface area contributed by atoms with Crippen LogP contribution in [0.2, 0.25) is 0 Å². The minimum absolute atomic E-state index is 0.0104. The van der Waals surface area contributed by atoms with E-state index < -0.39 is 28.9 Å². The number of fused-ring (bicyclic) bond motifs is 1. The molecule has 5 rings (SSSR count). The molecule has 0 saturated carbocycles. The van der Waals surface area contributed by atoms with Crippen molar-refractivity contribution in [3.05, 3.63) is 106 Å². The van der Waals surface area contributed by atoms with Crippen LogP contribution in [0.1, 0.15) is 47.8 Å². The lowest BCUT2D eigenvalue weighted by Gasteiger charge is -2.21. The van der Waals surface area contributed by atoms with Crippen LogP contribution in [0.25, 0.3) is 6.08 Å². The van der Waals surface area contributed by atoms with E-state index in [1.807, 2.05) is 18.2 Å². The quantitative estimate of drug-likeness (QED) is 0.202. The van der Waals surface area contributed by atoms with Crippen molar-refractivity contribution in [3.8, 4) is 5.75 Å². The molecule has 3 aromatic carbocycles. The van der Waals surface area contributed by atoms with Crippen molar-refractivity contribution >= 4 is 23.7 Å². The number of rotatable bonds is 13. The summed E-state index contributed by atoms with van der Waals surface area (Å²) in [5.41, 5.74) is 2.52. The van der Waals surface area contributed by atoms with Crippen molar-refractivity contribution in [2.75, 3.05) is 46.6 Å². The number of halogens is 2. The second-order valence-corrected chi connectivity index (χ2v) is 10.4. The second kappa shape index (κ2) is 14.3. The maximum absolute atomic E-state index is 14.8. The Morgan fingerprint density at radius 2 is 1.50 bits per heavy atom. The largest absolute Gasteiger partial charge is 0.490 e. The Morgan fingerprint density at radius 1 is 0.841 bits per heavy atom. The molecule has 11 heteroatoms. The van der Waals surface area contributed by atoms with Gasteiger partial charge in [-0.25, -0.2) is 8.78 Å². The number of amides is 2. The molecule has 1 aliphatic heterocycles. The van der Waals surface area contributed by atoms with Crippen LogP contribution in [-0.2, 0) is 15.9 Å². The minimum atomic E-state index is -1.33. The topological polar surface area (TPSA) is 115 Å². The molecular formula is C33H33F2N3O6. The van der Waals surface area contributed by atoms with Gasteiger partial charge in [0.05, 0.1) is 31.9 Å². The summed E-state index contributed by atoms with van der Waals surface area (Å²) in [5, 5.41) is 9.12. The first-order chi connectivity index (χ1) is 21.4. The SMILES string of the molecule is COCCOCCOc1ccc(F)c(F)c1C(=O)c1ccc(C(=O)N[C@@H]2CNC[C@@H]2NC(=O)c2ccc3c(c2)CC=C3)cc1. The van der Waals surface area contributed by atoms with E-state index in [0.717, 1.165) is 23.6 Å². The van der Waals surface area contributed by atoms with Crippen LogP contribution in [0.5, 0.6) is 5.75 Å². The number of methoxy groups -OCH3 is 1. The van der Waals surface area contributed by atoms with E-state index in [2.05, 4.69) is 22.0 Å². The van der Waals surface area contributed by atoms with Crippen LogP contribution >= 0.6 is 0 Å². The lowest BCUT2D eigenvalue weighted by molar-refractivity contribution is 0.0541. The van der Waals surface area contributed by atoms with Crippen LogP contribution in [0.15, 0.2) is 60.7 Å². The smallest absolute Gasteiger partial charge is 0.251 e. The summed E-state index contributed by atoms with van der Waals surface area (Å²) in [5.74, 6) is -4.06. The standard InChI is InChI=1S/C33H33F2N3O6/c1-42-13-14-43-15-16-44-28-12-11-25(34)30(35)29(28)31(39)21-6-8-22(9-7-21)32(40)37-26-18-36-19-27(26)38-33(41)24-10-5-20-3-2-4-23(20)17-24/h2-3,5-12,17,26-27,36H,4,13-16,18-19H2,1H3,(H,37,40)(H,38,41)/t26-,27+/m1/s1. The summed E-state index contributed by atoms with van der Waals surface area (Å²) in [6.45, 7) is 1.84. The number of ketones is 1. The molecule has 1 heterocycles. The van der Waals surface area contributed by atoms with Gasteiger partial charge in [-0.05, 0) is 53.9 Å². The zero-order valence-corrected chi connectivity index (χ0v) is 24.2. The lowest BCUT2D eigenvalue weighted by Crippen LogP contribution is -2.51. The Bertz CT molecular complexity index is 1560. The van der Waals surface area contributed by atoms with Gasteiger partial charge in [0, 0.05) is 36.9 Å². The molecule has 1 saturated heterocycles. The number of hydrogen-bond donors (Lipinski definition) is 3. The van der Waals surface area contributed by atoms with Gasteiger partial charge in [0.25, 0.3) is 11.8 Å². The summed E-state index contributed by atoms with van der Waals surface area (Å²) < 4.78 is 44.6. The van der Waals surface area contributed by atoms with Crippen molar-refractivity contribution in [2.24, 2.45) is 0 Å². The van der Waals surface area contributed by atoms with Crippen LogP contribution in [0.3, 0.4) is 0 Å². The van der Waals surface area contributed by atoms with E-state index >= 15 is 0 Å². The fourth-order valence-electron chi connectivity index (χ4n) is 5.12. The van der Waals surface area contributed by atoms with Gasteiger partial charge < -0.3 is 30.2 Å². The first-order valence-corrected chi connectivity index (χ1v) is 14.3. The number of hydrogen-bond acceptors (Lipinski definition) is 7. The normalized spacial score (nSPS) is 16.9. The Labute approximate surface area is 253 Å². The van der Waals surface area contributed by atoms with Crippen LogP contribution in [0, 0.1) is 11.6 Å². The second-order valence-electron chi connectivity index (χ2n) is 10.4. The molecule has 1 fully saturated rings. The third-order valence-corrected chi connectivity index (χ3v) is 7.50. The predicted molar refractivity (Wildman–Crippen MR) is 159 cm³/mol. The summed E-state index contributed by atoms with van der Waals surface area (Å²) in [7, 11) is 1.54. The molecule has 2 amide bonds. The molecule has 230 valence electrons. The lowest BCUT2D eigenvalue weighted by atomic mass is 10.00. The van der Waals surface area contributed by atoms with E-state index in [1.165, 1.54) is 37.4 Å². The van der Waals surface area contributed by atoms with Gasteiger partial charge in [-0.15, -0.1) is 0 Å². The molecule has 0 bridgehead atoms. The number of allylic oxidation sites excluding steroid dienone is 1. The van der Waals surface area contributed by atoms with Crippen molar-refractivity contribution in [3.63, 3.8) is 0 Å². The first-order valence-electron chi connectivity index (χ1n) is 14.3. The van der Waals surface area contributed by atoms with Gasteiger partial charge >= 0.3 is 0 Å². The maximum Gasteiger partial charge on any atom is 0.251 e. The zero-order chi connectivity index (χ0) is 31.1. The van der Waals surface area contributed by atoms with E-state index in [0.29, 0.717) is 31.9 Å². The van der Waals surface area contributed by atoms with Crippen LogP contribution in [-0.4, -0.2) is 76.3 Å². The number of carbonyl (C=O) groups excluding carboxylic acids is 3. The van der Waals surface area contributed by atoms with Crippen molar-refractivity contribution < 1.29 is 37.4 Å². The molecule has 3 N–H and O–H groups in total. The molecule has 2 atom stereocenters. The first kappa shape index (κ1) is 31.0. The van der Waals surface area contributed by atoms with Crippen LogP contribution < -0.4 is 20.7 Å². The summed E-state index contributed by atoms with van der Waals surface area (Å²) in [6, 6.07) is 12.6. The number of nitrogens with one attached hydrogen (secondary N) is 3. The van der Waals surface area contributed by atoms with E-state index in [1.54, 1.807) is 6.07 Å². The molecule has 44 heavy (non-hydrogen) atoms. The summed E-state index contributed by atoms with van der Waals surface area (Å²) in [4.78, 5) is 39.2. The van der Waals surface area contributed by atoms with E-state index in [-0.39, 0.29) is 48.1 Å². The molecule has 0 radical (unpaired) electrons. The van der Waals surface area contributed by atoms with Gasteiger partial charge in [-0.1, -0.05) is 30.4 Å². The average molecular weight is 606 g/mol. The predicted octanol–water partition coefficient (Wildman–Crippen LogP) is 3.31. The van der Waals surface area contributed by atoms with E-state index in [4.69, 9.17) is 14.2 Å². The molecule has 0 unspecified atom stereocenters. The number of benzene rings is 3. The highest BCUT2D eigenvalue weighted by Gasteiger charge is 2.30. The van der Waals surface area contributed by atoms with Gasteiger partial charge in [-0.3, -0.25) is 14.4 Å². The monoisotopic (exact) mass is 605 g/mol. The molecular weight excluding hydrogens is 572 g/mol. The number of carbonyl (C=O) groups is 3. The summed E-state index contributed by atoms with van der Waals surface area (Å²) in [6.07, 6.45) is 4.87. The van der Waals surface area contributed by atoms with Crippen molar-refractivity contribution in [1.82, 2.24) is 16.0 Å². The number of ether oxygens (including phenoxy) is 3. The highest BCUT2D eigenvalue weighted by atomic mass is 19.2. The molecule has 2 aliphatic rings. The highest BCUT2D eigenvalue weighted by Crippen LogP contribution is 2.27. The molecule has 3 aromatic rings. The third kappa shape index (κ3) is 7.19. The Morgan fingerprint density at radius 3 is 2.23 bits per heavy atom. The van der Waals surface area contributed by atoms with E-state index in [9.17, 15) is 23.2 Å².